The predicted molar refractivity (Wildman–Crippen MR) is 90.4 cm³/mol. The molecule has 2 aromatic rings. The number of hydrogen-bond donors (Lipinski definition) is 1. The highest BCUT2D eigenvalue weighted by molar-refractivity contribution is 7.90. The number of rotatable bonds is 3. The molecule has 0 saturated heterocycles. The Labute approximate surface area is 136 Å². The third-order valence-corrected chi connectivity index (χ3v) is 4.42. The fourth-order valence-electron chi connectivity index (χ4n) is 1.96. The van der Waals surface area contributed by atoms with Crippen molar-refractivity contribution < 1.29 is 13.2 Å². The molecule has 1 aromatic carbocycles. The Morgan fingerprint density at radius 3 is 2.17 bits per heavy atom. The number of carbonyl (C=O) groups excluding carboxylic acids is 1. The molecule has 0 unspecified atom stereocenters. The van der Waals surface area contributed by atoms with Crippen LogP contribution in [-0.2, 0) is 15.3 Å². The monoisotopic (exact) mass is 332 g/mol. The Balaban J connectivity index is 2.19. The van der Waals surface area contributed by atoms with Crippen molar-refractivity contribution in [1.29, 1.82) is 0 Å². The van der Waals surface area contributed by atoms with E-state index in [2.05, 4.69) is 10.3 Å². The second-order valence-corrected chi connectivity index (χ2v) is 8.42. The van der Waals surface area contributed by atoms with Gasteiger partial charge >= 0.3 is 0 Å². The lowest BCUT2D eigenvalue weighted by Gasteiger charge is -2.18. The number of pyridine rings is 1. The minimum absolute atomic E-state index is 0.145. The van der Waals surface area contributed by atoms with E-state index in [4.69, 9.17) is 0 Å². The highest BCUT2D eigenvalue weighted by atomic mass is 32.2. The Morgan fingerprint density at radius 2 is 1.65 bits per heavy atom. The maximum atomic E-state index is 12.3. The smallest absolute Gasteiger partial charge is 0.274 e. The summed E-state index contributed by atoms with van der Waals surface area (Å²) in [6.45, 7) is 6.09. The average Bonchev–Trinajstić information content (AvgIpc) is 2.46. The minimum Gasteiger partial charge on any atom is -0.321 e. The van der Waals surface area contributed by atoms with Gasteiger partial charge in [0.1, 0.15) is 5.69 Å². The summed E-state index contributed by atoms with van der Waals surface area (Å²) >= 11 is 0. The maximum Gasteiger partial charge on any atom is 0.274 e. The Hall–Kier alpha value is -2.21. The topological polar surface area (TPSA) is 76.1 Å². The molecule has 5 nitrogen and oxygen atoms in total. The lowest BCUT2D eigenvalue weighted by Crippen LogP contribution is -2.18. The molecule has 6 heteroatoms. The van der Waals surface area contributed by atoms with Crippen molar-refractivity contribution in [2.24, 2.45) is 0 Å². The standard InChI is InChI=1S/C17H20N2O3S/c1-17(2,3)15-7-5-6-14(19-15)16(20)18-12-8-10-13(11-9-12)23(4,21)22/h5-11H,1-4H3,(H,18,20). The quantitative estimate of drug-likeness (QED) is 0.937. The number of sulfone groups is 1. The molecule has 0 saturated carbocycles. The van der Waals surface area contributed by atoms with E-state index >= 15 is 0 Å². The molecule has 23 heavy (non-hydrogen) atoms. The molecule has 0 spiro atoms. The zero-order valence-corrected chi connectivity index (χ0v) is 14.4. The van der Waals surface area contributed by atoms with Crippen molar-refractivity contribution in [3.63, 3.8) is 0 Å². The number of aromatic nitrogens is 1. The lowest BCUT2D eigenvalue weighted by atomic mass is 9.91. The number of nitrogens with one attached hydrogen (secondary N) is 1. The van der Waals surface area contributed by atoms with Crippen LogP contribution in [0.2, 0.25) is 0 Å². The molecule has 1 amide bonds. The molecule has 122 valence electrons. The van der Waals surface area contributed by atoms with Gasteiger partial charge in [0.05, 0.1) is 4.90 Å². The summed E-state index contributed by atoms with van der Waals surface area (Å²) in [4.78, 5) is 16.9. The van der Waals surface area contributed by atoms with Gasteiger partial charge in [-0.2, -0.15) is 0 Å². The van der Waals surface area contributed by atoms with Gasteiger partial charge < -0.3 is 5.32 Å². The van der Waals surface area contributed by atoms with E-state index in [1.54, 1.807) is 24.3 Å². The van der Waals surface area contributed by atoms with E-state index in [0.717, 1.165) is 11.9 Å². The first-order valence-electron chi connectivity index (χ1n) is 7.16. The van der Waals surface area contributed by atoms with Crippen LogP contribution in [0.4, 0.5) is 5.69 Å². The SMILES string of the molecule is CC(C)(C)c1cccc(C(=O)Nc2ccc(S(C)(=O)=O)cc2)n1. The summed E-state index contributed by atoms with van der Waals surface area (Å²) in [7, 11) is -3.25. The van der Waals surface area contributed by atoms with Gasteiger partial charge in [0.2, 0.25) is 0 Å². The van der Waals surface area contributed by atoms with E-state index < -0.39 is 9.84 Å². The summed E-state index contributed by atoms with van der Waals surface area (Å²) in [5.41, 5.74) is 1.53. The zero-order chi connectivity index (χ0) is 17.3. The molecule has 0 radical (unpaired) electrons. The number of anilines is 1. The zero-order valence-electron chi connectivity index (χ0n) is 13.6. The Morgan fingerprint density at radius 1 is 1.04 bits per heavy atom. The fourth-order valence-corrected chi connectivity index (χ4v) is 2.59. The summed E-state index contributed by atoms with van der Waals surface area (Å²) in [6, 6.07) is 11.4. The average molecular weight is 332 g/mol. The first-order chi connectivity index (χ1) is 10.6. The molecule has 1 N–H and O–H groups in total. The van der Waals surface area contributed by atoms with E-state index in [0.29, 0.717) is 11.4 Å². The summed E-state index contributed by atoms with van der Waals surface area (Å²) in [5, 5.41) is 2.72. The third-order valence-electron chi connectivity index (χ3n) is 3.29. The first-order valence-corrected chi connectivity index (χ1v) is 9.05. The van der Waals surface area contributed by atoms with E-state index in [-0.39, 0.29) is 16.2 Å². The molecule has 2 rings (SSSR count). The van der Waals surface area contributed by atoms with Gasteiger partial charge in [-0.25, -0.2) is 13.4 Å². The second-order valence-electron chi connectivity index (χ2n) is 6.41. The van der Waals surface area contributed by atoms with Crippen LogP contribution in [0.5, 0.6) is 0 Å². The van der Waals surface area contributed by atoms with Crippen LogP contribution in [-0.4, -0.2) is 25.6 Å². The van der Waals surface area contributed by atoms with Crippen LogP contribution in [0.15, 0.2) is 47.4 Å². The van der Waals surface area contributed by atoms with Gasteiger partial charge in [-0.3, -0.25) is 4.79 Å². The molecule has 0 fully saturated rings. The van der Waals surface area contributed by atoms with Crippen LogP contribution < -0.4 is 5.32 Å². The molecule has 0 bridgehead atoms. The van der Waals surface area contributed by atoms with Crippen molar-refractivity contribution in [1.82, 2.24) is 4.98 Å². The largest absolute Gasteiger partial charge is 0.321 e. The number of amides is 1. The van der Waals surface area contributed by atoms with E-state index in [1.165, 1.54) is 12.1 Å². The second kappa shape index (κ2) is 6.12. The van der Waals surface area contributed by atoms with E-state index in [1.807, 2.05) is 26.8 Å². The van der Waals surface area contributed by atoms with Crippen molar-refractivity contribution in [3.8, 4) is 0 Å². The molecule has 1 heterocycles. The predicted octanol–water partition coefficient (Wildman–Crippen LogP) is 3.03. The van der Waals surface area contributed by atoms with Crippen molar-refractivity contribution in [2.45, 2.75) is 31.1 Å². The van der Waals surface area contributed by atoms with Gasteiger partial charge in [-0.1, -0.05) is 26.8 Å². The summed E-state index contributed by atoms with van der Waals surface area (Å²) < 4.78 is 22.8. The summed E-state index contributed by atoms with van der Waals surface area (Å²) in [6.07, 6.45) is 1.14. The molecular formula is C17H20N2O3S. The van der Waals surface area contributed by atoms with Gasteiger partial charge in [-0.05, 0) is 36.4 Å². The highest BCUT2D eigenvalue weighted by Gasteiger charge is 2.17. The number of carbonyl (C=O) groups is 1. The number of nitrogens with zero attached hydrogens (tertiary/aromatic N) is 1. The van der Waals surface area contributed by atoms with Gasteiger partial charge in [-0.15, -0.1) is 0 Å². The molecule has 0 aliphatic rings. The van der Waals surface area contributed by atoms with Gasteiger partial charge in [0.25, 0.3) is 5.91 Å². The van der Waals surface area contributed by atoms with Crippen LogP contribution in [0, 0.1) is 0 Å². The Kier molecular flexibility index (Phi) is 4.56. The van der Waals surface area contributed by atoms with Crippen LogP contribution in [0.1, 0.15) is 37.0 Å². The molecule has 0 aliphatic heterocycles. The first kappa shape index (κ1) is 17.1. The number of hydrogen-bond acceptors (Lipinski definition) is 4. The molecule has 0 atom stereocenters. The number of benzene rings is 1. The Bertz CT molecular complexity index is 820. The van der Waals surface area contributed by atoms with Crippen molar-refractivity contribution in [3.05, 3.63) is 53.9 Å². The highest BCUT2D eigenvalue weighted by Crippen LogP contribution is 2.20. The third kappa shape index (κ3) is 4.39. The van der Waals surface area contributed by atoms with Gasteiger partial charge in [0, 0.05) is 23.1 Å². The van der Waals surface area contributed by atoms with Gasteiger partial charge in [0.15, 0.2) is 9.84 Å². The van der Waals surface area contributed by atoms with Crippen molar-refractivity contribution >= 4 is 21.4 Å². The van der Waals surface area contributed by atoms with Crippen LogP contribution in [0.25, 0.3) is 0 Å². The summed E-state index contributed by atoms with van der Waals surface area (Å²) in [5.74, 6) is -0.330. The molecular weight excluding hydrogens is 312 g/mol. The lowest BCUT2D eigenvalue weighted by molar-refractivity contribution is 0.102. The van der Waals surface area contributed by atoms with E-state index in [9.17, 15) is 13.2 Å². The molecule has 0 aliphatic carbocycles. The van der Waals surface area contributed by atoms with Crippen LogP contribution in [0.3, 0.4) is 0 Å². The minimum atomic E-state index is -3.25. The normalized spacial score (nSPS) is 12.0. The fraction of sp³-hybridized carbons (Fsp3) is 0.294. The van der Waals surface area contributed by atoms with Crippen molar-refractivity contribution in [2.75, 3.05) is 11.6 Å². The van der Waals surface area contributed by atoms with Crippen LogP contribution >= 0.6 is 0 Å². The molecule has 1 aromatic heterocycles. The maximum absolute atomic E-state index is 12.3.